The van der Waals surface area contributed by atoms with Crippen LogP contribution < -0.4 is 9.64 Å². The maximum atomic E-state index is 9.49. The number of oxazole rings is 1. The number of piperidine rings is 1. The third-order valence-electron chi connectivity index (χ3n) is 5.25. The summed E-state index contributed by atoms with van der Waals surface area (Å²) in [6, 6.07) is 11.9. The molecule has 1 aromatic carbocycles. The maximum absolute atomic E-state index is 9.49. The van der Waals surface area contributed by atoms with Gasteiger partial charge in [-0.3, -0.25) is 0 Å². The van der Waals surface area contributed by atoms with Gasteiger partial charge in [-0.1, -0.05) is 19.1 Å². The lowest BCUT2D eigenvalue weighted by Gasteiger charge is -2.30. The summed E-state index contributed by atoms with van der Waals surface area (Å²) in [4.78, 5) is 6.46. The molecule has 1 unspecified atom stereocenters. The highest BCUT2D eigenvalue weighted by Crippen LogP contribution is 2.32. The summed E-state index contributed by atoms with van der Waals surface area (Å²) in [5.74, 6) is 3.45. The zero-order chi connectivity index (χ0) is 20.4. The summed E-state index contributed by atoms with van der Waals surface area (Å²) in [5.41, 5.74) is 2.53. The monoisotopic (exact) mass is 391 g/mol. The topological polar surface area (TPSA) is 75.4 Å². The Hall–Kier alpha value is -3.20. The molecule has 6 nitrogen and oxygen atoms in total. The first-order chi connectivity index (χ1) is 14.0. The van der Waals surface area contributed by atoms with E-state index in [2.05, 4.69) is 28.9 Å². The summed E-state index contributed by atoms with van der Waals surface area (Å²) in [6.45, 7) is 8.32. The van der Waals surface area contributed by atoms with Crippen LogP contribution in [0.2, 0.25) is 0 Å². The zero-order valence-electron chi connectivity index (χ0n) is 17.1. The lowest BCUT2D eigenvalue weighted by Crippen LogP contribution is -2.34. The number of benzene rings is 1. The molecule has 3 aromatic rings. The Balaban J connectivity index is 1.50. The molecule has 6 heteroatoms. The fourth-order valence-electron chi connectivity index (χ4n) is 3.66. The molecule has 0 amide bonds. The maximum Gasteiger partial charge on any atom is 0.266 e. The van der Waals surface area contributed by atoms with E-state index in [0.717, 1.165) is 36.4 Å². The Kier molecular flexibility index (Phi) is 5.30. The average molecular weight is 391 g/mol. The van der Waals surface area contributed by atoms with Gasteiger partial charge in [0.15, 0.2) is 5.76 Å². The number of hydrogen-bond acceptors (Lipinski definition) is 6. The molecule has 29 heavy (non-hydrogen) atoms. The lowest BCUT2D eigenvalue weighted by molar-refractivity contribution is 0.269. The van der Waals surface area contributed by atoms with Crippen molar-refractivity contribution in [2.75, 3.05) is 18.0 Å². The zero-order valence-corrected chi connectivity index (χ0v) is 17.1. The largest absolute Gasteiger partial charge is 0.485 e. The Bertz CT molecular complexity index is 1040. The molecule has 150 valence electrons. The molecule has 4 rings (SSSR count). The standard InChI is InChI=1S/C23H25N3O3/c1-15-6-7-17(3)21(11-15)27-14-18-8-9-20(28-18)22-25-19(12-24)23(29-22)26-10-4-5-16(2)13-26/h6-9,11,16H,4-5,10,13-14H2,1-3H3. The first-order valence-electron chi connectivity index (χ1n) is 9.98. The number of ether oxygens (including phenoxy) is 1. The Labute approximate surface area is 170 Å². The molecule has 1 atom stereocenters. The highest BCUT2D eigenvalue weighted by Gasteiger charge is 2.25. The van der Waals surface area contributed by atoms with Gasteiger partial charge in [-0.25, -0.2) is 0 Å². The van der Waals surface area contributed by atoms with E-state index in [1.54, 1.807) is 6.07 Å². The van der Waals surface area contributed by atoms with Gasteiger partial charge in [0.1, 0.15) is 24.2 Å². The van der Waals surface area contributed by atoms with Crippen molar-refractivity contribution < 1.29 is 13.6 Å². The van der Waals surface area contributed by atoms with Crippen LogP contribution in [0.25, 0.3) is 11.7 Å². The van der Waals surface area contributed by atoms with E-state index in [0.29, 0.717) is 41.5 Å². The number of furan rings is 1. The van der Waals surface area contributed by atoms with E-state index in [1.807, 2.05) is 32.0 Å². The molecule has 0 spiro atoms. The number of anilines is 1. The molecule has 0 radical (unpaired) electrons. The van der Waals surface area contributed by atoms with Crippen molar-refractivity contribution in [3.63, 3.8) is 0 Å². The van der Waals surface area contributed by atoms with E-state index in [1.165, 1.54) is 6.42 Å². The molecule has 1 aliphatic rings. The number of hydrogen-bond donors (Lipinski definition) is 0. The molecule has 3 heterocycles. The Morgan fingerprint density at radius 2 is 2.10 bits per heavy atom. The predicted molar refractivity (Wildman–Crippen MR) is 110 cm³/mol. The van der Waals surface area contributed by atoms with Crippen molar-refractivity contribution in [3.05, 3.63) is 52.9 Å². The van der Waals surface area contributed by atoms with E-state index in [4.69, 9.17) is 13.6 Å². The van der Waals surface area contributed by atoms with Gasteiger partial charge in [0.25, 0.3) is 5.89 Å². The van der Waals surface area contributed by atoms with Crippen LogP contribution in [0.15, 0.2) is 39.2 Å². The van der Waals surface area contributed by atoms with Crippen LogP contribution in [-0.4, -0.2) is 18.1 Å². The number of aromatic nitrogens is 1. The van der Waals surface area contributed by atoms with Crippen molar-refractivity contribution in [1.29, 1.82) is 5.26 Å². The van der Waals surface area contributed by atoms with E-state index >= 15 is 0 Å². The SMILES string of the molecule is Cc1ccc(C)c(OCc2ccc(-c3nc(C#N)c(N4CCCC(C)C4)o3)o2)c1. The predicted octanol–water partition coefficient (Wildman–Crippen LogP) is 5.24. The molecule has 0 aliphatic carbocycles. The van der Waals surface area contributed by atoms with Gasteiger partial charge in [-0.15, -0.1) is 0 Å². The second-order valence-corrected chi connectivity index (χ2v) is 7.80. The third-order valence-corrected chi connectivity index (χ3v) is 5.25. The van der Waals surface area contributed by atoms with Crippen LogP contribution in [0.3, 0.4) is 0 Å². The van der Waals surface area contributed by atoms with Gasteiger partial charge in [0, 0.05) is 13.1 Å². The highest BCUT2D eigenvalue weighted by atomic mass is 16.5. The number of nitriles is 1. The van der Waals surface area contributed by atoms with Crippen LogP contribution in [-0.2, 0) is 6.61 Å². The molecule has 0 bridgehead atoms. The average Bonchev–Trinajstić information content (AvgIpc) is 3.35. The summed E-state index contributed by atoms with van der Waals surface area (Å²) in [5, 5.41) is 9.49. The smallest absolute Gasteiger partial charge is 0.266 e. The van der Waals surface area contributed by atoms with Crippen LogP contribution in [0, 0.1) is 31.1 Å². The van der Waals surface area contributed by atoms with Gasteiger partial charge >= 0.3 is 0 Å². The highest BCUT2D eigenvalue weighted by molar-refractivity contribution is 5.56. The van der Waals surface area contributed by atoms with Crippen LogP contribution in [0.1, 0.15) is 42.3 Å². The van der Waals surface area contributed by atoms with Gasteiger partial charge in [-0.05, 0) is 61.9 Å². The fourth-order valence-corrected chi connectivity index (χ4v) is 3.66. The number of nitrogens with zero attached hydrogens (tertiary/aromatic N) is 3. The second-order valence-electron chi connectivity index (χ2n) is 7.80. The molecule has 1 fully saturated rings. The summed E-state index contributed by atoms with van der Waals surface area (Å²) >= 11 is 0. The van der Waals surface area contributed by atoms with Gasteiger partial charge < -0.3 is 18.5 Å². The third kappa shape index (κ3) is 4.14. The minimum Gasteiger partial charge on any atom is -0.485 e. The van der Waals surface area contributed by atoms with Crippen LogP contribution in [0.5, 0.6) is 5.75 Å². The van der Waals surface area contributed by atoms with Crippen molar-refractivity contribution >= 4 is 5.88 Å². The van der Waals surface area contributed by atoms with Crippen LogP contribution in [0.4, 0.5) is 5.88 Å². The molecular weight excluding hydrogens is 366 g/mol. The Morgan fingerprint density at radius 1 is 1.24 bits per heavy atom. The van der Waals surface area contributed by atoms with Gasteiger partial charge in [0.05, 0.1) is 0 Å². The Morgan fingerprint density at radius 3 is 2.90 bits per heavy atom. The molecule has 2 aromatic heterocycles. The number of aryl methyl sites for hydroxylation is 2. The minimum absolute atomic E-state index is 0.304. The summed E-state index contributed by atoms with van der Waals surface area (Å²) in [6.07, 6.45) is 2.28. The molecule has 0 saturated carbocycles. The quantitative estimate of drug-likeness (QED) is 0.592. The minimum atomic E-state index is 0.304. The summed E-state index contributed by atoms with van der Waals surface area (Å²) < 4.78 is 17.7. The molecular formula is C23H25N3O3. The van der Waals surface area contributed by atoms with Crippen molar-refractivity contribution in [2.45, 2.75) is 40.2 Å². The lowest BCUT2D eigenvalue weighted by atomic mass is 10.0. The summed E-state index contributed by atoms with van der Waals surface area (Å²) in [7, 11) is 0. The second kappa shape index (κ2) is 8.04. The van der Waals surface area contributed by atoms with Crippen LogP contribution >= 0.6 is 0 Å². The van der Waals surface area contributed by atoms with E-state index in [9.17, 15) is 5.26 Å². The fraction of sp³-hybridized carbons (Fsp3) is 0.391. The van der Waals surface area contributed by atoms with Crippen molar-refractivity contribution in [2.24, 2.45) is 5.92 Å². The number of rotatable bonds is 5. The van der Waals surface area contributed by atoms with E-state index < -0.39 is 0 Å². The van der Waals surface area contributed by atoms with Crippen molar-refractivity contribution in [3.8, 4) is 23.5 Å². The molecule has 1 saturated heterocycles. The normalized spacial score (nSPS) is 16.6. The molecule has 1 aliphatic heterocycles. The molecule has 0 N–H and O–H groups in total. The van der Waals surface area contributed by atoms with Crippen molar-refractivity contribution in [1.82, 2.24) is 4.98 Å². The van der Waals surface area contributed by atoms with Gasteiger partial charge in [-0.2, -0.15) is 10.2 Å². The van der Waals surface area contributed by atoms with Gasteiger partial charge in [0.2, 0.25) is 11.6 Å². The van der Waals surface area contributed by atoms with E-state index in [-0.39, 0.29) is 0 Å². The first kappa shape index (κ1) is 19.1. The first-order valence-corrected chi connectivity index (χ1v) is 9.98.